The lowest BCUT2D eigenvalue weighted by molar-refractivity contribution is -0.158. The Labute approximate surface area is 80.7 Å². The first-order valence-electron chi connectivity index (χ1n) is 5.01. The topological polar surface area (TPSA) is 26.3 Å². The van der Waals surface area contributed by atoms with Gasteiger partial charge < -0.3 is 4.74 Å². The van der Waals surface area contributed by atoms with Crippen molar-refractivity contribution in [1.29, 1.82) is 0 Å². The Bertz CT molecular complexity index is 207. The zero-order chi connectivity index (χ0) is 10.3. The van der Waals surface area contributed by atoms with Crippen LogP contribution >= 0.6 is 0 Å². The van der Waals surface area contributed by atoms with Gasteiger partial charge in [-0.2, -0.15) is 0 Å². The third-order valence-corrected chi connectivity index (χ3v) is 2.92. The fraction of sp³-hybridized carbons (Fsp3) is 0.909. The molecule has 0 bridgehead atoms. The molecular formula is C11H20O2. The molecule has 1 fully saturated rings. The van der Waals surface area contributed by atoms with Crippen LogP contribution in [0, 0.1) is 10.8 Å². The largest absolute Gasteiger partial charge is 0.463 e. The standard InChI is InChI=1S/C11H20O2/c1-8(2)13-9(12)11(6-7-11)10(3,4)5/h8H,6-7H2,1-5H3. The van der Waals surface area contributed by atoms with Crippen LogP contribution in [0.5, 0.6) is 0 Å². The normalized spacial score (nSPS) is 20.2. The second kappa shape index (κ2) is 3.00. The van der Waals surface area contributed by atoms with Crippen molar-refractivity contribution in [3.8, 4) is 0 Å². The van der Waals surface area contributed by atoms with Crippen molar-refractivity contribution < 1.29 is 9.53 Å². The monoisotopic (exact) mass is 184 g/mol. The Morgan fingerprint density at radius 1 is 1.31 bits per heavy atom. The number of carbonyl (C=O) groups excluding carboxylic acids is 1. The van der Waals surface area contributed by atoms with E-state index in [9.17, 15) is 4.79 Å². The van der Waals surface area contributed by atoms with Crippen LogP contribution in [-0.4, -0.2) is 12.1 Å². The van der Waals surface area contributed by atoms with Gasteiger partial charge >= 0.3 is 5.97 Å². The highest BCUT2D eigenvalue weighted by atomic mass is 16.5. The number of hydrogen-bond acceptors (Lipinski definition) is 2. The molecule has 1 aliphatic rings. The predicted octanol–water partition coefficient (Wildman–Crippen LogP) is 2.76. The smallest absolute Gasteiger partial charge is 0.312 e. The first kappa shape index (κ1) is 10.6. The van der Waals surface area contributed by atoms with E-state index in [1.165, 1.54) is 0 Å². The second-order valence-electron chi connectivity index (χ2n) is 5.29. The lowest BCUT2D eigenvalue weighted by Gasteiger charge is -2.29. The average molecular weight is 184 g/mol. The van der Waals surface area contributed by atoms with Gasteiger partial charge in [-0.05, 0) is 32.1 Å². The van der Waals surface area contributed by atoms with Gasteiger partial charge in [-0.3, -0.25) is 4.79 Å². The van der Waals surface area contributed by atoms with Gasteiger partial charge in [-0.25, -0.2) is 0 Å². The molecule has 0 unspecified atom stereocenters. The van der Waals surface area contributed by atoms with E-state index in [2.05, 4.69) is 20.8 Å². The second-order valence-corrected chi connectivity index (χ2v) is 5.29. The molecule has 76 valence electrons. The van der Waals surface area contributed by atoms with Crippen LogP contribution in [0.25, 0.3) is 0 Å². The van der Waals surface area contributed by atoms with Gasteiger partial charge in [-0.15, -0.1) is 0 Å². The number of ether oxygens (including phenoxy) is 1. The molecule has 13 heavy (non-hydrogen) atoms. The first-order chi connectivity index (χ1) is 5.79. The van der Waals surface area contributed by atoms with E-state index in [4.69, 9.17) is 4.74 Å². The summed E-state index contributed by atoms with van der Waals surface area (Å²) in [6.07, 6.45) is 1.98. The Hall–Kier alpha value is -0.530. The summed E-state index contributed by atoms with van der Waals surface area (Å²) in [6.45, 7) is 10.1. The van der Waals surface area contributed by atoms with Crippen LogP contribution in [0.15, 0.2) is 0 Å². The van der Waals surface area contributed by atoms with Crippen molar-refractivity contribution >= 4 is 5.97 Å². The summed E-state index contributed by atoms with van der Waals surface area (Å²) in [4.78, 5) is 11.8. The summed E-state index contributed by atoms with van der Waals surface area (Å²) in [6, 6.07) is 0. The summed E-state index contributed by atoms with van der Waals surface area (Å²) < 4.78 is 5.27. The van der Waals surface area contributed by atoms with Crippen molar-refractivity contribution in [3.05, 3.63) is 0 Å². The highest BCUT2D eigenvalue weighted by molar-refractivity contribution is 5.81. The van der Waals surface area contributed by atoms with Crippen molar-refractivity contribution in [3.63, 3.8) is 0 Å². The summed E-state index contributed by atoms with van der Waals surface area (Å²) in [5.41, 5.74) is -0.143. The molecule has 0 aromatic heterocycles. The molecular weight excluding hydrogens is 164 g/mol. The maximum atomic E-state index is 11.8. The SMILES string of the molecule is CC(C)OC(=O)C1(C(C)(C)C)CC1. The molecule has 0 heterocycles. The lowest BCUT2D eigenvalue weighted by Crippen LogP contribution is -2.33. The van der Waals surface area contributed by atoms with Gasteiger partial charge in [0, 0.05) is 0 Å². The minimum Gasteiger partial charge on any atom is -0.463 e. The minimum absolute atomic E-state index is 0.00463. The quantitative estimate of drug-likeness (QED) is 0.617. The van der Waals surface area contributed by atoms with Crippen LogP contribution in [0.3, 0.4) is 0 Å². The number of esters is 1. The molecule has 0 aromatic rings. The summed E-state index contributed by atoms with van der Waals surface area (Å²) >= 11 is 0. The first-order valence-corrected chi connectivity index (χ1v) is 5.01. The molecule has 0 atom stereocenters. The van der Waals surface area contributed by atoms with Crippen LogP contribution in [0.2, 0.25) is 0 Å². The summed E-state index contributed by atoms with van der Waals surface area (Å²) in [5.74, 6) is -0.00463. The molecule has 1 rings (SSSR count). The highest BCUT2D eigenvalue weighted by Crippen LogP contribution is 2.59. The maximum Gasteiger partial charge on any atom is 0.312 e. The fourth-order valence-corrected chi connectivity index (χ4v) is 1.71. The molecule has 0 saturated heterocycles. The van der Waals surface area contributed by atoms with Gasteiger partial charge in [0.1, 0.15) is 0 Å². The number of rotatable bonds is 2. The molecule has 0 spiro atoms. The van der Waals surface area contributed by atoms with E-state index in [0.29, 0.717) is 0 Å². The number of hydrogen-bond donors (Lipinski definition) is 0. The molecule has 0 aromatic carbocycles. The van der Waals surface area contributed by atoms with Gasteiger partial charge in [-0.1, -0.05) is 20.8 Å². The van der Waals surface area contributed by atoms with E-state index < -0.39 is 0 Å². The van der Waals surface area contributed by atoms with E-state index in [1.54, 1.807) is 0 Å². The summed E-state index contributed by atoms with van der Waals surface area (Å²) in [5, 5.41) is 0. The third-order valence-electron chi connectivity index (χ3n) is 2.92. The molecule has 0 aliphatic heterocycles. The van der Waals surface area contributed by atoms with Crippen LogP contribution < -0.4 is 0 Å². The van der Waals surface area contributed by atoms with Crippen molar-refractivity contribution in [2.24, 2.45) is 10.8 Å². The number of carbonyl (C=O) groups is 1. The van der Waals surface area contributed by atoms with Gasteiger partial charge in [0.2, 0.25) is 0 Å². The van der Waals surface area contributed by atoms with Crippen molar-refractivity contribution in [2.45, 2.75) is 53.6 Å². The molecule has 2 nitrogen and oxygen atoms in total. The Morgan fingerprint density at radius 3 is 2.00 bits per heavy atom. The zero-order valence-corrected chi connectivity index (χ0v) is 9.31. The zero-order valence-electron chi connectivity index (χ0n) is 9.31. The van der Waals surface area contributed by atoms with E-state index in [0.717, 1.165) is 12.8 Å². The molecule has 0 N–H and O–H groups in total. The van der Waals surface area contributed by atoms with E-state index in [-0.39, 0.29) is 22.9 Å². The van der Waals surface area contributed by atoms with Gasteiger partial charge in [0.15, 0.2) is 0 Å². The molecule has 2 heteroatoms. The highest BCUT2D eigenvalue weighted by Gasteiger charge is 2.59. The Kier molecular flexibility index (Phi) is 2.44. The lowest BCUT2D eigenvalue weighted by atomic mass is 9.77. The minimum atomic E-state index is -0.183. The molecule has 1 saturated carbocycles. The van der Waals surface area contributed by atoms with Gasteiger partial charge in [0.05, 0.1) is 11.5 Å². The Balaban J connectivity index is 2.66. The van der Waals surface area contributed by atoms with Crippen molar-refractivity contribution in [2.75, 3.05) is 0 Å². The Morgan fingerprint density at radius 2 is 1.77 bits per heavy atom. The fourth-order valence-electron chi connectivity index (χ4n) is 1.71. The predicted molar refractivity (Wildman–Crippen MR) is 52.4 cm³/mol. The van der Waals surface area contributed by atoms with E-state index >= 15 is 0 Å². The van der Waals surface area contributed by atoms with Gasteiger partial charge in [0.25, 0.3) is 0 Å². The van der Waals surface area contributed by atoms with Crippen LogP contribution in [0.4, 0.5) is 0 Å². The van der Waals surface area contributed by atoms with Crippen molar-refractivity contribution in [1.82, 2.24) is 0 Å². The molecule has 0 radical (unpaired) electrons. The maximum absolute atomic E-state index is 11.8. The average Bonchev–Trinajstić information content (AvgIpc) is 2.60. The third kappa shape index (κ3) is 1.87. The molecule has 1 aliphatic carbocycles. The van der Waals surface area contributed by atoms with Crippen LogP contribution in [0.1, 0.15) is 47.5 Å². The van der Waals surface area contributed by atoms with E-state index in [1.807, 2.05) is 13.8 Å². The summed E-state index contributed by atoms with van der Waals surface area (Å²) in [7, 11) is 0. The van der Waals surface area contributed by atoms with Crippen LogP contribution in [-0.2, 0) is 9.53 Å². The molecule has 0 amide bonds.